The van der Waals surface area contributed by atoms with Crippen LogP contribution in [0, 0.1) is 12.8 Å². The number of aryl methyl sites for hydroxylation is 1. The van der Waals surface area contributed by atoms with Crippen molar-refractivity contribution in [2.75, 3.05) is 20.2 Å². The molecule has 0 radical (unpaired) electrons. The summed E-state index contributed by atoms with van der Waals surface area (Å²) in [5.74, 6) is 0.304. The molecule has 0 aromatic carbocycles. The van der Waals surface area contributed by atoms with E-state index in [0.29, 0.717) is 6.54 Å². The van der Waals surface area contributed by atoms with Gasteiger partial charge in [-0.05, 0) is 38.9 Å². The van der Waals surface area contributed by atoms with Gasteiger partial charge < -0.3 is 14.9 Å². The van der Waals surface area contributed by atoms with E-state index < -0.39 is 5.97 Å². The molecule has 2 heterocycles. The van der Waals surface area contributed by atoms with E-state index in [4.69, 9.17) is 10.2 Å². The molecule has 1 aromatic heterocycles. The Bertz CT molecular complexity index is 501. The number of piperidine rings is 1. The average Bonchev–Trinajstić information content (AvgIpc) is 2.79. The van der Waals surface area contributed by atoms with Crippen molar-refractivity contribution in [2.24, 2.45) is 11.7 Å². The van der Waals surface area contributed by atoms with Crippen LogP contribution in [-0.2, 0) is 16.1 Å². The minimum Gasteiger partial charge on any atom is -0.463 e. The van der Waals surface area contributed by atoms with Crippen LogP contribution in [0.15, 0.2) is 10.5 Å². The van der Waals surface area contributed by atoms with Crippen LogP contribution in [0.2, 0.25) is 0 Å². The summed E-state index contributed by atoms with van der Waals surface area (Å²) >= 11 is 0. The van der Waals surface area contributed by atoms with Gasteiger partial charge in [-0.25, -0.2) is 4.79 Å². The molecule has 0 saturated carbocycles. The molecule has 0 unspecified atom stereocenters. The van der Waals surface area contributed by atoms with Gasteiger partial charge in [0.25, 0.3) is 0 Å². The summed E-state index contributed by atoms with van der Waals surface area (Å²) in [6.45, 7) is 4.06. The number of methoxy groups -OCH3 is 1. The Balaban J connectivity index is 1.95. The zero-order chi connectivity index (χ0) is 14.7. The van der Waals surface area contributed by atoms with Crippen molar-refractivity contribution in [1.29, 1.82) is 0 Å². The Morgan fingerprint density at radius 1 is 1.45 bits per heavy atom. The highest BCUT2D eigenvalue weighted by molar-refractivity contribution is 5.87. The molecule has 6 heteroatoms. The second kappa shape index (κ2) is 6.09. The fourth-order valence-corrected chi connectivity index (χ4v) is 2.52. The third kappa shape index (κ3) is 3.19. The molecule has 1 aliphatic heterocycles. The molecule has 0 atom stereocenters. The van der Waals surface area contributed by atoms with Gasteiger partial charge in [-0.3, -0.25) is 9.69 Å². The summed E-state index contributed by atoms with van der Waals surface area (Å²) in [6.07, 6.45) is 1.55. The van der Waals surface area contributed by atoms with Crippen LogP contribution in [-0.4, -0.2) is 37.0 Å². The molecule has 20 heavy (non-hydrogen) atoms. The molecule has 0 spiro atoms. The summed E-state index contributed by atoms with van der Waals surface area (Å²) in [4.78, 5) is 24.8. The summed E-state index contributed by atoms with van der Waals surface area (Å²) in [5.41, 5.74) is 6.09. The van der Waals surface area contributed by atoms with Crippen molar-refractivity contribution >= 4 is 11.9 Å². The molecule has 1 aromatic rings. The quantitative estimate of drug-likeness (QED) is 0.834. The number of furan rings is 1. The molecule has 6 nitrogen and oxygen atoms in total. The van der Waals surface area contributed by atoms with Gasteiger partial charge in [-0.15, -0.1) is 0 Å². The van der Waals surface area contributed by atoms with Gasteiger partial charge in [0.1, 0.15) is 5.76 Å². The van der Waals surface area contributed by atoms with E-state index in [1.54, 1.807) is 0 Å². The number of nitrogens with zero attached hydrogens (tertiary/aromatic N) is 1. The van der Waals surface area contributed by atoms with Crippen molar-refractivity contribution in [3.05, 3.63) is 23.2 Å². The minimum absolute atomic E-state index is 0.0183. The molecular weight excluding hydrogens is 260 g/mol. The second-order valence-electron chi connectivity index (χ2n) is 5.17. The number of hydrogen-bond donors (Lipinski definition) is 1. The molecule has 2 N–H and O–H groups in total. The fourth-order valence-electron chi connectivity index (χ4n) is 2.52. The molecule has 110 valence electrons. The third-order valence-electron chi connectivity index (χ3n) is 3.71. The van der Waals surface area contributed by atoms with Crippen molar-refractivity contribution in [3.8, 4) is 0 Å². The summed E-state index contributed by atoms with van der Waals surface area (Å²) in [6, 6.07) is 1.85. The first kappa shape index (κ1) is 14.6. The SMILES string of the molecule is COC(=O)c1oc(CN2CCC(C(N)=O)CC2)cc1C. The van der Waals surface area contributed by atoms with E-state index in [9.17, 15) is 9.59 Å². The number of hydrogen-bond acceptors (Lipinski definition) is 5. The van der Waals surface area contributed by atoms with Crippen LogP contribution in [0.25, 0.3) is 0 Å². The van der Waals surface area contributed by atoms with Crippen molar-refractivity contribution in [1.82, 2.24) is 4.90 Å². The van der Waals surface area contributed by atoms with Crippen molar-refractivity contribution in [3.63, 3.8) is 0 Å². The maximum absolute atomic E-state index is 11.5. The smallest absolute Gasteiger partial charge is 0.374 e. The monoisotopic (exact) mass is 280 g/mol. The molecule has 1 aliphatic rings. The van der Waals surface area contributed by atoms with Crippen LogP contribution in [0.4, 0.5) is 0 Å². The number of likely N-dealkylation sites (tertiary alicyclic amines) is 1. The Hall–Kier alpha value is -1.82. The zero-order valence-corrected chi connectivity index (χ0v) is 11.8. The standard InChI is InChI=1S/C14H20N2O4/c1-9-7-11(20-12(9)14(18)19-2)8-16-5-3-10(4-6-16)13(15)17/h7,10H,3-6,8H2,1-2H3,(H2,15,17). The van der Waals surface area contributed by atoms with Crippen LogP contribution in [0.1, 0.15) is 34.7 Å². The second-order valence-corrected chi connectivity index (χ2v) is 5.17. The summed E-state index contributed by atoms with van der Waals surface area (Å²) in [7, 11) is 1.33. The highest BCUT2D eigenvalue weighted by atomic mass is 16.5. The first-order valence-corrected chi connectivity index (χ1v) is 6.70. The number of ether oxygens (including phenoxy) is 1. The van der Waals surface area contributed by atoms with E-state index in [1.807, 2.05) is 13.0 Å². The highest BCUT2D eigenvalue weighted by Crippen LogP contribution is 2.21. The van der Waals surface area contributed by atoms with E-state index in [1.165, 1.54) is 7.11 Å². The van der Waals surface area contributed by atoms with Gasteiger partial charge in [0.2, 0.25) is 11.7 Å². The van der Waals surface area contributed by atoms with E-state index >= 15 is 0 Å². The predicted octanol–water partition coefficient (Wildman–Crippen LogP) is 1.07. The lowest BCUT2D eigenvalue weighted by molar-refractivity contribution is -0.123. The van der Waals surface area contributed by atoms with Gasteiger partial charge in [-0.2, -0.15) is 0 Å². The molecule has 0 bridgehead atoms. The third-order valence-corrected chi connectivity index (χ3v) is 3.71. The van der Waals surface area contributed by atoms with Crippen LogP contribution in [0.5, 0.6) is 0 Å². The van der Waals surface area contributed by atoms with E-state index in [-0.39, 0.29) is 17.6 Å². The number of carbonyl (C=O) groups is 2. The van der Waals surface area contributed by atoms with Crippen LogP contribution < -0.4 is 5.73 Å². The largest absolute Gasteiger partial charge is 0.463 e. The van der Waals surface area contributed by atoms with Gasteiger partial charge in [0, 0.05) is 11.5 Å². The maximum Gasteiger partial charge on any atom is 0.374 e. The first-order chi connectivity index (χ1) is 9.51. The average molecular weight is 280 g/mol. The van der Waals surface area contributed by atoms with Crippen molar-refractivity contribution < 1.29 is 18.7 Å². The van der Waals surface area contributed by atoms with Crippen LogP contribution >= 0.6 is 0 Å². The lowest BCUT2D eigenvalue weighted by atomic mass is 9.96. The van der Waals surface area contributed by atoms with E-state index in [0.717, 1.165) is 37.3 Å². The molecule has 1 saturated heterocycles. The number of primary amides is 1. The Labute approximate surface area is 117 Å². The molecular formula is C14H20N2O4. The maximum atomic E-state index is 11.5. The Kier molecular flexibility index (Phi) is 4.44. The molecule has 1 amide bonds. The molecule has 2 rings (SSSR count). The first-order valence-electron chi connectivity index (χ1n) is 6.70. The number of nitrogens with two attached hydrogens (primary N) is 1. The Morgan fingerprint density at radius 2 is 2.10 bits per heavy atom. The number of amides is 1. The zero-order valence-electron chi connectivity index (χ0n) is 11.8. The van der Waals surface area contributed by atoms with E-state index in [2.05, 4.69) is 9.64 Å². The van der Waals surface area contributed by atoms with Gasteiger partial charge in [-0.1, -0.05) is 0 Å². The van der Waals surface area contributed by atoms with Gasteiger partial charge in [0.05, 0.1) is 13.7 Å². The van der Waals surface area contributed by atoms with Crippen molar-refractivity contribution in [2.45, 2.75) is 26.3 Å². The Morgan fingerprint density at radius 3 is 2.65 bits per heavy atom. The van der Waals surface area contributed by atoms with Gasteiger partial charge >= 0.3 is 5.97 Å². The normalized spacial score (nSPS) is 17.1. The number of esters is 1. The van der Waals surface area contributed by atoms with Gasteiger partial charge in [0.15, 0.2) is 0 Å². The molecule has 1 fully saturated rings. The van der Waals surface area contributed by atoms with Crippen LogP contribution in [0.3, 0.4) is 0 Å². The molecule has 0 aliphatic carbocycles. The minimum atomic E-state index is -0.457. The highest BCUT2D eigenvalue weighted by Gasteiger charge is 2.24. The topological polar surface area (TPSA) is 85.8 Å². The predicted molar refractivity (Wildman–Crippen MR) is 72.0 cm³/mol. The number of carbonyl (C=O) groups excluding carboxylic acids is 2. The number of rotatable bonds is 4. The lowest BCUT2D eigenvalue weighted by Gasteiger charge is -2.29. The lowest BCUT2D eigenvalue weighted by Crippen LogP contribution is -2.38. The summed E-state index contributed by atoms with van der Waals surface area (Å²) in [5, 5.41) is 0. The summed E-state index contributed by atoms with van der Waals surface area (Å²) < 4.78 is 10.2. The fraction of sp³-hybridized carbons (Fsp3) is 0.571.